The molecular formula is C16H26O4Pd. The molecule has 0 aromatic heterocycles. The molecule has 0 N–H and O–H groups in total. The van der Waals surface area contributed by atoms with E-state index in [1.165, 1.54) is 13.8 Å². The molecule has 0 bridgehead atoms. The molecule has 0 atom stereocenters. The third-order valence-electron chi connectivity index (χ3n) is 1.95. The molecule has 0 saturated heterocycles. The normalized spacial score (nSPS) is 11.6. The van der Waals surface area contributed by atoms with Gasteiger partial charge in [0.05, 0.1) is 0 Å². The summed E-state index contributed by atoms with van der Waals surface area (Å²) in [5, 5.41) is 21.6. The van der Waals surface area contributed by atoms with E-state index >= 15 is 0 Å². The molecule has 0 aromatic carbocycles. The Morgan fingerprint density at radius 1 is 0.810 bits per heavy atom. The Kier molecular flexibility index (Phi) is 16.8. The van der Waals surface area contributed by atoms with Crippen molar-refractivity contribution in [2.75, 3.05) is 0 Å². The molecule has 4 nitrogen and oxygen atoms in total. The van der Waals surface area contributed by atoms with Gasteiger partial charge < -0.3 is 10.2 Å². The predicted molar refractivity (Wildman–Crippen MR) is 76.4 cm³/mol. The molecule has 0 spiro atoms. The van der Waals surface area contributed by atoms with Gasteiger partial charge in [0.2, 0.25) is 0 Å². The van der Waals surface area contributed by atoms with Gasteiger partial charge in [-0.3, -0.25) is 9.59 Å². The Morgan fingerprint density at radius 3 is 1.19 bits per heavy atom. The Hall–Kier alpha value is -0.918. The molecule has 0 unspecified atom stereocenters. The monoisotopic (exact) mass is 388 g/mol. The first kappa shape index (κ1) is 25.1. The molecule has 0 radical (unpaired) electrons. The maximum Gasteiger partial charge on any atom is 2.00 e. The Balaban J connectivity index is -0.000000295. The smallest absolute Gasteiger partial charge is 0.875 e. The maximum atomic E-state index is 10.8. The first-order chi connectivity index (χ1) is 9.04. The summed E-state index contributed by atoms with van der Waals surface area (Å²) in [6.07, 6.45) is 3.25. The minimum absolute atomic E-state index is 0. The van der Waals surface area contributed by atoms with E-state index in [-0.39, 0.29) is 43.5 Å². The Labute approximate surface area is 142 Å². The van der Waals surface area contributed by atoms with Crippen LogP contribution in [-0.4, -0.2) is 11.6 Å². The molecular weight excluding hydrogens is 363 g/mol. The van der Waals surface area contributed by atoms with Crippen LogP contribution < -0.4 is 10.2 Å². The topological polar surface area (TPSA) is 80.3 Å². The summed E-state index contributed by atoms with van der Waals surface area (Å²) >= 11 is 0. The quantitative estimate of drug-likeness (QED) is 0.394. The number of hydrogen-bond acceptors (Lipinski definition) is 4. The number of carbonyl (C=O) groups is 2. The third-order valence-corrected chi connectivity index (χ3v) is 1.95. The number of allylic oxidation sites excluding steroid dienone is 4. The Morgan fingerprint density at radius 2 is 1.05 bits per heavy atom. The second-order valence-electron chi connectivity index (χ2n) is 5.64. The van der Waals surface area contributed by atoms with Crippen LogP contribution in [0.25, 0.3) is 0 Å². The van der Waals surface area contributed by atoms with Crippen molar-refractivity contribution in [1.82, 2.24) is 0 Å². The SMILES string of the molecule is CC(=O)/C=C(\[O-])CC(C)C.CC(=O)/C=C(\[O-])CC(C)C.[Pd+2]. The molecule has 0 aromatic rings. The van der Waals surface area contributed by atoms with Crippen LogP contribution in [0.15, 0.2) is 23.7 Å². The van der Waals surface area contributed by atoms with Crippen LogP contribution in [0.3, 0.4) is 0 Å². The van der Waals surface area contributed by atoms with E-state index in [0.717, 1.165) is 12.2 Å². The molecule has 0 heterocycles. The van der Waals surface area contributed by atoms with Crippen molar-refractivity contribution in [2.24, 2.45) is 11.8 Å². The molecule has 0 rings (SSSR count). The fourth-order valence-electron chi connectivity index (χ4n) is 1.38. The van der Waals surface area contributed by atoms with Crippen molar-refractivity contribution in [2.45, 2.75) is 54.4 Å². The first-order valence-corrected chi connectivity index (χ1v) is 6.80. The van der Waals surface area contributed by atoms with Crippen LogP contribution >= 0.6 is 0 Å². The van der Waals surface area contributed by atoms with E-state index in [1.807, 2.05) is 27.7 Å². The summed E-state index contributed by atoms with van der Waals surface area (Å²) in [6, 6.07) is 0. The molecule has 0 fully saturated rings. The molecule has 0 aliphatic carbocycles. The average Bonchev–Trinajstić information content (AvgIpc) is 2.11. The molecule has 0 amide bonds. The van der Waals surface area contributed by atoms with Gasteiger partial charge in [-0.1, -0.05) is 27.7 Å². The second kappa shape index (κ2) is 14.0. The first-order valence-electron chi connectivity index (χ1n) is 6.80. The van der Waals surface area contributed by atoms with Crippen molar-refractivity contribution in [3.8, 4) is 0 Å². The second-order valence-corrected chi connectivity index (χ2v) is 5.64. The summed E-state index contributed by atoms with van der Waals surface area (Å²) in [4.78, 5) is 20.7. The summed E-state index contributed by atoms with van der Waals surface area (Å²) in [7, 11) is 0. The predicted octanol–water partition coefficient (Wildman–Crippen LogP) is 1.73. The summed E-state index contributed by atoms with van der Waals surface area (Å²) < 4.78 is 0. The summed E-state index contributed by atoms with van der Waals surface area (Å²) in [6.45, 7) is 10.6. The number of carbonyl (C=O) groups excluding carboxylic acids is 2. The van der Waals surface area contributed by atoms with E-state index < -0.39 is 0 Å². The van der Waals surface area contributed by atoms with Gasteiger partial charge in [-0.05, 0) is 50.7 Å². The van der Waals surface area contributed by atoms with Crippen LogP contribution in [0, 0.1) is 11.8 Å². The minimum atomic E-state index is -0.161. The van der Waals surface area contributed by atoms with Gasteiger partial charge in [0.25, 0.3) is 0 Å². The minimum Gasteiger partial charge on any atom is -0.875 e. The maximum absolute atomic E-state index is 10.8. The molecule has 0 aliphatic heterocycles. The molecule has 0 saturated carbocycles. The van der Waals surface area contributed by atoms with Crippen LogP contribution in [0.5, 0.6) is 0 Å². The zero-order valence-corrected chi connectivity index (χ0v) is 15.2. The summed E-state index contributed by atoms with van der Waals surface area (Å²) in [5.74, 6) is 0.215. The molecule has 124 valence electrons. The average molecular weight is 389 g/mol. The number of hydrogen-bond donors (Lipinski definition) is 0. The summed E-state index contributed by atoms with van der Waals surface area (Å²) in [5.41, 5.74) is 0. The van der Waals surface area contributed by atoms with Gasteiger partial charge in [0, 0.05) is 0 Å². The third kappa shape index (κ3) is 24.5. The van der Waals surface area contributed by atoms with Crippen molar-refractivity contribution in [3.63, 3.8) is 0 Å². The van der Waals surface area contributed by atoms with Crippen LogP contribution in [0.1, 0.15) is 54.4 Å². The fraction of sp³-hybridized carbons (Fsp3) is 0.625. The van der Waals surface area contributed by atoms with E-state index in [2.05, 4.69) is 0 Å². The molecule has 5 heteroatoms. The number of ketones is 2. The van der Waals surface area contributed by atoms with E-state index in [9.17, 15) is 19.8 Å². The van der Waals surface area contributed by atoms with Crippen molar-refractivity contribution >= 4 is 11.6 Å². The van der Waals surface area contributed by atoms with E-state index in [1.54, 1.807) is 0 Å². The van der Waals surface area contributed by atoms with E-state index in [0.29, 0.717) is 24.7 Å². The van der Waals surface area contributed by atoms with Crippen LogP contribution in [-0.2, 0) is 30.0 Å². The van der Waals surface area contributed by atoms with Crippen LogP contribution in [0.2, 0.25) is 0 Å². The fourth-order valence-corrected chi connectivity index (χ4v) is 1.38. The standard InChI is InChI=1S/2C8H14O2.Pd/c2*1-6(2)4-8(10)5-7(3)9;/h2*5-6,10H,4H2,1-3H3;/q;;+2/p-2/b2*8-5-;. The van der Waals surface area contributed by atoms with E-state index in [4.69, 9.17) is 0 Å². The van der Waals surface area contributed by atoms with Gasteiger partial charge >= 0.3 is 20.4 Å². The Bertz CT molecular complexity index is 332. The van der Waals surface area contributed by atoms with Crippen molar-refractivity contribution < 1.29 is 40.2 Å². The number of rotatable bonds is 6. The van der Waals surface area contributed by atoms with Crippen molar-refractivity contribution in [3.05, 3.63) is 23.7 Å². The zero-order valence-electron chi connectivity index (χ0n) is 13.7. The van der Waals surface area contributed by atoms with Gasteiger partial charge in [0.1, 0.15) is 0 Å². The van der Waals surface area contributed by atoms with Gasteiger partial charge in [-0.2, -0.15) is 0 Å². The van der Waals surface area contributed by atoms with Crippen molar-refractivity contribution in [1.29, 1.82) is 0 Å². The largest absolute Gasteiger partial charge is 2.00 e. The molecule has 21 heavy (non-hydrogen) atoms. The van der Waals surface area contributed by atoms with Gasteiger partial charge in [-0.15, -0.1) is 11.5 Å². The van der Waals surface area contributed by atoms with Crippen LogP contribution in [0.4, 0.5) is 0 Å². The van der Waals surface area contributed by atoms with Gasteiger partial charge in [0.15, 0.2) is 11.6 Å². The molecule has 0 aliphatic rings. The zero-order chi connectivity index (χ0) is 16.3. The van der Waals surface area contributed by atoms with Gasteiger partial charge in [-0.25, -0.2) is 0 Å².